The van der Waals surface area contributed by atoms with Gasteiger partial charge >= 0.3 is 5.97 Å². The Bertz CT molecular complexity index is 725. The summed E-state index contributed by atoms with van der Waals surface area (Å²) in [6.07, 6.45) is 6.01. The lowest BCUT2D eigenvalue weighted by Crippen LogP contribution is -2.56. The van der Waals surface area contributed by atoms with Crippen LogP contribution < -0.4 is 0 Å². The van der Waals surface area contributed by atoms with Gasteiger partial charge in [0.05, 0.1) is 17.9 Å². The molecule has 2 amide bonds. The van der Waals surface area contributed by atoms with Crippen molar-refractivity contribution in [2.24, 2.45) is 11.8 Å². The topological polar surface area (TPSA) is 96.4 Å². The first-order chi connectivity index (χ1) is 15.0. The van der Waals surface area contributed by atoms with Crippen molar-refractivity contribution in [3.8, 4) is 0 Å². The standard InChI is InChI=1S/C23H34N2O6/c1-4-7-12-24(11-5-2)21(28)19-23-10-9-16(31-23)17(22(29)30-15-6-3)18(23)20(27)25(19)13-8-14-26/h5-6,16-19,26H,2-4,7-15H2,1H3/t16-,17+,18-,19?,23?/m0/s1. The highest BCUT2D eigenvalue weighted by molar-refractivity contribution is 5.98. The maximum Gasteiger partial charge on any atom is 0.312 e. The molecule has 0 aromatic heterocycles. The number of hydrogen-bond acceptors (Lipinski definition) is 6. The van der Waals surface area contributed by atoms with Gasteiger partial charge in [0.1, 0.15) is 18.2 Å². The molecule has 5 atom stereocenters. The third-order valence-electron chi connectivity index (χ3n) is 6.65. The van der Waals surface area contributed by atoms with E-state index in [1.165, 1.54) is 11.0 Å². The summed E-state index contributed by atoms with van der Waals surface area (Å²) in [4.78, 5) is 43.3. The van der Waals surface area contributed by atoms with E-state index in [4.69, 9.17) is 9.47 Å². The first-order valence-corrected chi connectivity index (χ1v) is 11.2. The normalized spacial score (nSPS) is 30.9. The van der Waals surface area contributed by atoms with Gasteiger partial charge in [0, 0.05) is 26.2 Å². The van der Waals surface area contributed by atoms with Crippen molar-refractivity contribution in [1.82, 2.24) is 9.80 Å². The highest BCUT2D eigenvalue weighted by atomic mass is 16.6. The average Bonchev–Trinajstić information content (AvgIpc) is 3.40. The van der Waals surface area contributed by atoms with Gasteiger partial charge in [-0.2, -0.15) is 0 Å². The highest BCUT2D eigenvalue weighted by Gasteiger charge is 2.74. The van der Waals surface area contributed by atoms with Gasteiger partial charge in [0.15, 0.2) is 0 Å². The Labute approximate surface area is 183 Å². The van der Waals surface area contributed by atoms with Crippen molar-refractivity contribution in [3.63, 3.8) is 0 Å². The smallest absolute Gasteiger partial charge is 0.312 e. The van der Waals surface area contributed by atoms with E-state index in [-0.39, 0.29) is 31.6 Å². The Morgan fingerprint density at radius 2 is 2.13 bits per heavy atom. The largest absolute Gasteiger partial charge is 0.461 e. The van der Waals surface area contributed by atoms with Crippen molar-refractivity contribution in [1.29, 1.82) is 0 Å². The lowest BCUT2D eigenvalue weighted by Gasteiger charge is -2.36. The Morgan fingerprint density at radius 3 is 2.77 bits per heavy atom. The predicted molar refractivity (Wildman–Crippen MR) is 114 cm³/mol. The summed E-state index contributed by atoms with van der Waals surface area (Å²) in [6, 6.07) is -0.810. The minimum atomic E-state index is -1.03. The summed E-state index contributed by atoms with van der Waals surface area (Å²) >= 11 is 0. The molecule has 0 radical (unpaired) electrons. The number of ether oxygens (including phenoxy) is 2. The Balaban J connectivity index is 1.96. The number of rotatable bonds is 12. The molecule has 31 heavy (non-hydrogen) atoms. The van der Waals surface area contributed by atoms with Gasteiger partial charge in [0.2, 0.25) is 11.8 Å². The van der Waals surface area contributed by atoms with Crippen molar-refractivity contribution in [3.05, 3.63) is 25.3 Å². The second-order valence-corrected chi connectivity index (χ2v) is 8.51. The fourth-order valence-electron chi connectivity index (χ4n) is 5.39. The van der Waals surface area contributed by atoms with Crippen LogP contribution in [0.5, 0.6) is 0 Å². The third-order valence-corrected chi connectivity index (χ3v) is 6.65. The molecule has 3 saturated heterocycles. The molecule has 3 aliphatic rings. The van der Waals surface area contributed by atoms with Crippen molar-refractivity contribution >= 4 is 17.8 Å². The van der Waals surface area contributed by atoms with Crippen LogP contribution in [-0.4, -0.2) is 83.3 Å². The Morgan fingerprint density at radius 1 is 1.35 bits per heavy atom. The molecule has 172 valence electrons. The SMILES string of the molecule is C=CCOC(=O)[C@@H]1[C@@H]2CCC3(O2)C(C(=O)N(CC=C)CCCC)N(CCCO)C(=O)[C@H]13. The van der Waals surface area contributed by atoms with Crippen LogP contribution in [0, 0.1) is 11.8 Å². The number of likely N-dealkylation sites (tertiary alicyclic amines) is 1. The van der Waals surface area contributed by atoms with Crippen molar-refractivity contribution < 1.29 is 29.0 Å². The number of amides is 2. The molecule has 3 rings (SSSR count). The number of aliphatic hydroxyl groups excluding tert-OH is 1. The molecule has 1 spiro atoms. The Kier molecular flexibility index (Phi) is 7.54. The summed E-state index contributed by atoms with van der Waals surface area (Å²) in [7, 11) is 0. The van der Waals surface area contributed by atoms with E-state index in [2.05, 4.69) is 20.1 Å². The molecule has 0 aromatic carbocycles. The second kappa shape index (κ2) is 9.96. The van der Waals surface area contributed by atoms with Crippen LogP contribution in [0.2, 0.25) is 0 Å². The van der Waals surface area contributed by atoms with Gasteiger partial charge in [-0.25, -0.2) is 0 Å². The molecular weight excluding hydrogens is 400 g/mol. The third kappa shape index (κ3) is 4.03. The molecule has 2 bridgehead atoms. The van der Waals surface area contributed by atoms with E-state index in [1.807, 2.05) is 0 Å². The van der Waals surface area contributed by atoms with Gasteiger partial charge in [-0.1, -0.05) is 32.1 Å². The first kappa shape index (κ1) is 23.5. The zero-order chi connectivity index (χ0) is 22.6. The molecule has 0 saturated carbocycles. The number of carbonyl (C=O) groups excluding carboxylic acids is 3. The van der Waals surface area contributed by atoms with Crippen LogP contribution in [0.3, 0.4) is 0 Å². The summed E-state index contributed by atoms with van der Waals surface area (Å²) in [5.74, 6) is -2.38. The number of esters is 1. The number of unbranched alkanes of at least 4 members (excludes halogenated alkanes) is 1. The molecular formula is C23H34N2O6. The Hall–Kier alpha value is -2.19. The number of aliphatic hydroxyl groups is 1. The van der Waals surface area contributed by atoms with E-state index in [0.29, 0.717) is 32.4 Å². The molecule has 0 aliphatic carbocycles. The lowest BCUT2D eigenvalue weighted by molar-refractivity contribution is -0.154. The van der Waals surface area contributed by atoms with Crippen molar-refractivity contribution in [2.45, 2.75) is 56.8 Å². The molecule has 8 heteroatoms. The summed E-state index contributed by atoms with van der Waals surface area (Å²) < 4.78 is 11.6. The lowest BCUT2D eigenvalue weighted by atomic mass is 9.70. The van der Waals surface area contributed by atoms with E-state index < -0.39 is 35.6 Å². The maximum absolute atomic E-state index is 13.7. The van der Waals surface area contributed by atoms with E-state index in [0.717, 1.165) is 12.8 Å². The molecule has 3 aliphatic heterocycles. The fourth-order valence-corrected chi connectivity index (χ4v) is 5.39. The van der Waals surface area contributed by atoms with Crippen LogP contribution in [0.15, 0.2) is 25.3 Å². The molecule has 8 nitrogen and oxygen atoms in total. The second-order valence-electron chi connectivity index (χ2n) is 8.51. The minimum absolute atomic E-state index is 0.0662. The van der Waals surface area contributed by atoms with Gasteiger partial charge in [0.25, 0.3) is 0 Å². The zero-order valence-electron chi connectivity index (χ0n) is 18.3. The van der Waals surface area contributed by atoms with Crippen molar-refractivity contribution in [2.75, 3.05) is 32.8 Å². The molecule has 2 unspecified atom stereocenters. The zero-order valence-corrected chi connectivity index (χ0v) is 18.3. The van der Waals surface area contributed by atoms with E-state index in [9.17, 15) is 19.5 Å². The number of fused-ring (bicyclic) bond motifs is 1. The molecule has 1 N–H and O–H groups in total. The van der Waals surface area contributed by atoms with Gasteiger partial charge in [-0.05, 0) is 25.7 Å². The average molecular weight is 435 g/mol. The maximum atomic E-state index is 13.7. The predicted octanol–water partition coefficient (Wildman–Crippen LogP) is 1.29. The van der Waals surface area contributed by atoms with Crippen LogP contribution in [-0.2, 0) is 23.9 Å². The van der Waals surface area contributed by atoms with Crippen LogP contribution >= 0.6 is 0 Å². The fraction of sp³-hybridized carbons (Fsp3) is 0.696. The van der Waals surface area contributed by atoms with Gasteiger partial charge in [-0.3, -0.25) is 14.4 Å². The molecule has 3 fully saturated rings. The van der Waals surface area contributed by atoms with E-state index in [1.54, 1.807) is 11.0 Å². The van der Waals surface area contributed by atoms with Crippen LogP contribution in [0.4, 0.5) is 0 Å². The van der Waals surface area contributed by atoms with Gasteiger partial charge in [-0.15, -0.1) is 6.58 Å². The monoisotopic (exact) mass is 434 g/mol. The van der Waals surface area contributed by atoms with Crippen LogP contribution in [0.1, 0.15) is 39.0 Å². The molecule has 0 aromatic rings. The quantitative estimate of drug-likeness (QED) is 0.367. The highest BCUT2D eigenvalue weighted by Crippen LogP contribution is 2.58. The summed E-state index contributed by atoms with van der Waals surface area (Å²) in [6.45, 7) is 10.5. The van der Waals surface area contributed by atoms with Gasteiger partial charge < -0.3 is 24.4 Å². The summed E-state index contributed by atoms with van der Waals surface area (Å²) in [5.41, 5.74) is -1.03. The molecule has 3 heterocycles. The minimum Gasteiger partial charge on any atom is -0.461 e. The van der Waals surface area contributed by atoms with E-state index >= 15 is 0 Å². The first-order valence-electron chi connectivity index (χ1n) is 11.2. The number of nitrogens with zero attached hydrogens (tertiary/aromatic N) is 2. The summed E-state index contributed by atoms with van der Waals surface area (Å²) in [5, 5.41) is 9.36. The number of hydrogen-bond donors (Lipinski definition) is 1. The van der Waals surface area contributed by atoms with Crippen LogP contribution in [0.25, 0.3) is 0 Å². The number of carbonyl (C=O) groups is 3.